The summed E-state index contributed by atoms with van der Waals surface area (Å²) in [6, 6.07) is 0. The third-order valence-corrected chi connectivity index (χ3v) is 1.31. The maximum absolute atomic E-state index is 4.07. The van der Waals surface area contributed by atoms with Gasteiger partial charge in [0.2, 0.25) is 0 Å². The zero-order valence-corrected chi connectivity index (χ0v) is 4.83. The number of nitrogens with one attached hydrogen (secondary N) is 1. The van der Waals surface area contributed by atoms with E-state index in [1.807, 2.05) is 0 Å². The summed E-state index contributed by atoms with van der Waals surface area (Å²) < 4.78 is 0. The molecule has 0 aromatic rings. The van der Waals surface area contributed by atoms with Crippen LogP contribution in [0.2, 0.25) is 0 Å². The molecule has 1 N–H and O–H groups in total. The van der Waals surface area contributed by atoms with Crippen molar-refractivity contribution in [3.63, 3.8) is 0 Å². The Morgan fingerprint density at radius 2 is 2.56 bits per heavy atom. The van der Waals surface area contributed by atoms with Crippen LogP contribution in [0.1, 0.15) is 0 Å². The summed E-state index contributed by atoms with van der Waals surface area (Å²) in [6.45, 7) is 1.53. The quantitative estimate of drug-likeness (QED) is 0.493. The van der Waals surface area contributed by atoms with E-state index in [1.54, 1.807) is 6.20 Å². The van der Waals surface area contributed by atoms with E-state index in [4.69, 9.17) is 0 Å². The van der Waals surface area contributed by atoms with Gasteiger partial charge in [-0.25, -0.2) is 4.99 Å². The van der Waals surface area contributed by atoms with E-state index in [9.17, 15) is 0 Å². The molecule has 0 fully saturated rings. The second-order valence-electron chi connectivity index (χ2n) is 1.94. The van der Waals surface area contributed by atoms with Gasteiger partial charge in [0.25, 0.3) is 0 Å². The monoisotopic (exact) mass is 122 g/mol. The van der Waals surface area contributed by atoms with Gasteiger partial charge in [0.1, 0.15) is 0 Å². The molecule has 2 rings (SSSR count). The maximum Gasteiger partial charge on any atom is 0.177 e. The van der Waals surface area contributed by atoms with Crippen LogP contribution in [0.4, 0.5) is 0 Å². The van der Waals surface area contributed by atoms with E-state index in [0.29, 0.717) is 6.67 Å². The van der Waals surface area contributed by atoms with Crippen molar-refractivity contribution < 1.29 is 0 Å². The predicted octanol–water partition coefficient (Wildman–Crippen LogP) is 0.295. The van der Waals surface area contributed by atoms with Crippen LogP contribution in [0, 0.1) is 0 Å². The van der Waals surface area contributed by atoms with Crippen molar-refractivity contribution in [2.75, 3.05) is 13.2 Å². The lowest BCUT2D eigenvalue weighted by atomic mass is 10.2. The van der Waals surface area contributed by atoms with Crippen molar-refractivity contribution >= 4 is 5.84 Å². The highest BCUT2D eigenvalue weighted by molar-refractivity contribution is 6.00. The van der Waals surface area contributed by atoms with Crippen LogP contribution in [0.5, 0.6) is 0 Å². The average molecular weight is 122 g/mol. The van der Waals surface area contributed by atoms with Crippen molar-refractivity contribution in [1.29, 1.82) is 0 Å². The highest BCUT2D eigenvalue weighted by Gasteiger charge is 2.13. The predicted molar refractivity (Wildman–Crippen MR) is 33.2 cm³/mol. The summed E-state index contributed by atoms with van der Waals surface area (Å²) in [5.74, 6) is 0.800. The van der Waals surface area contributed by atoms with Gasteiger partial charge in [0.05, 0.1) is 12.9 Å². The van der Waals surface area contributed by atoms with E-state index in [1.165, 1.54) is 0 Å². The zero-order chi connectivity index (χ0) is 6.10. The van der Waals surface area contributed by atoms with E-state index in [2.05, 4.69) is 20.5 Å². The van der Waals surface area contributed by atoms with Gasteiger partial charge in [-0.2, -0.15) is 5.11 Å². The van der Waals surface area contributed by atoms with Crippen molar-refractivity contribution in [2.45, 2.75) is 0 Å². The van der Waals surface area contributed by atoms with Crippen LogP contribution in [0.15, 0.2) is 27.0 Å². The fourth-order valence-corrected chi connectivity index (χ4v) is 0.854. The number of amidine groups is 1. The van der Waals surface area contributed by atoms with Crippen molar-refractivity contribution in [2.24, 2.45) is 15.2 Å². The molecule has 0 aliphatic carbocycles. The fraction of sp³-hybridized carbons (Fsp3) is 0.400. The first-order valence-electron chi connectivity index (χ1n) is 2.82. The highest BCUT2D eigenvalue weighted by Crippen LogP contribution is 2.09. The molecule has 0 unspecified atom stereocenters. The van der Waals surface area contributed by atoms with Crippen LogP contribution in [0.3, 0.4) is 0 Å². The lowest BCUT2D eigenvalue weighted by molar-refractivity contribution is 0.746. The summed E-state index contributed by atoms with van der Waals surface area (Å²) in [5, 5.41) is 10.6. The van der Waals surface area contributed by atoms with Crippen LogP contribution in [-0.4, -0.2) is 19.0 Å². The van der Waals surface area contributed by atoms with E-state index in [0.717, 1.165) is 18.0 Å². The van der Waals surface area contributed by atoms with Crippen molar-refractivity contribution in [3.8, 4) is 0 Å². The molecule has 0 amide bonds. The minimum atomic E-state index is 0.672. The zero-order valence-electron chi connectivity index (χ0n) is 4.83. The Balaban J connectivity index is 2.38. The average Bonchev–Trinajstić information content (AvgIpc) is 2.33. The summed E-state index contributed by atoms with van der Waals surface area (Å²) in [4.78, 5) is 4.07. The molecule has 0 saturated carbocycles. The van der Waals surface area contributed by atoms with Gasteiger partial charge in [-0.3, -0.25) is 5.32 Å². The first-order chi connectivity index (χ1) is 4.47. The number of fused-ring (bicyclic) bond motifs is 1. The molecule has 4 nitrogen and oxygen atoms in total. The standard InChI is InChI=1S/C5H6N4/c1-4-2-8-9-5(4)7-3-6-1/h2,6H,1,3H2. The Morgan fingerprint density at radius 1 is 1.56 bits per heavy atom. The van der Waals surface area contributed by atoms with Crippen molar-refractivity contribution in [3.05, 3.63) is 11.8 Å². The second kappa shape index (κ2) is 1.73. The number of hydrogen-bond donors (Lipinski definition) is 1. The molecule has 9 heavy (non-hydrogen) atoms. The first kappa shape index (κ1) is 4.81. The summed E-state index contributed by atoms with van der Waals surface area (Å²) in [6.07, 6.45) is 1.74. The molecule has 2 heterocycles. The molecule has 0 atom stereocenters. The highest BCUT2D eigenvalue weighted by atomic mass is 15.2. The molecular formula is C5H6N4. The number of nitrogens with zero attached hydrogens (tertiary/aromatic N) is 3. The molecule has 2 aliphatic rings. The van der Waals surface area contributed by atoms with E-state index < -0.39 is 0 Å². The summed E-state index contributed by atoms with van der Waals surface area (Å²) in [7, 11) is 0. The Morgan fingerprint density at radius 3 is 3.44 bits per heavy atom. The fourth-order valence-electron chi connectivity index (χ4n) is 0.854. The lowest BCUT2D eigenvalue weighted by Crippen LogP contribution is -2.25. The van der Waals surface area contributed by atoms with E-state index >= 15 is 0 Å². The number of rotatable bonds is 0. The Labute approximate surface area is 52.4 Å². The second-order valence-corrected chi connectivity index (χ2v) is 1.94. The molecular weight excluding hydrogens is 116 g/mol. The molecule has 0 aromatic carbocycles. The number of azo groups is 1. The van der Waals surface area contributed by atoms with Gasteiger partial charge in [-0.1, -0.05) is 0 Å². The molecule has 0 aromatic heterocycles. The van der Waals surface area contributed by atoms with Gasteiger partial charge in [0.15, 0.2) is 5.84 Å². The molecule has 2 aliphatic heterocycles. The summed E-state index contributed by atoms with van der Waals surface area (Å²) >= 11 is 0. The topological polar surface area (TPSA) is 49.1 Å². The lowest BCUT2D eigenvalue weighted by Gasteiger charge is -2.07. The Bertz CT molecular complexity index is 213. The molecule has 0 spiro atoms. The first-order valence-corrected chi connectivity index (χ1v) is 2.82. The largest absolute Gasteiger partial charge is 0.294 e. The number of hydrogen-bond acceptors (Lipinski definition) is 4. The van der Waals surface area contributed by atoms with Crippen LogP contribution in [-0.2, 0) is 0 Å². The minimum absolute atomic E-state index is 0.672. The third-order valence-electron chi connectivity index (χ3n) is 1.31. The Kier molecular flexibility index (Phi) is 0.927. The SMILES string of the molecule is C1=C2CNCN=C2N=N1. The molecule has 0 radical (unpaired) electrons. The Hall–Kier alpha value is -1.03. The van der Waals surface area contributed by atoms with Crippen LogP contribution >= 0.6 is 0 Å². The van der Waals surface area contributed by atoms with Gasteiger partial charge in [-0.15, -0.1) is 5.11 Å². The summed E-state index contributed by atoms with van der Waals surface area (Å²) in [5.41, 5.74) is 1.10. The minimum Gasteiger partial charge on any atom is -0.294 e. The van der Waals surface area contributed by atoms with Crippen molar-refractivity contribution in [1.82, 2.24) is 5.32 Å². The third kappa shape index (κ3) is 0.675. The van der Waals surface area contributed by atoms with Crippen LogP contribution < -0.4 is 5.32 Å². The van der Waals surface area contributed by atoms with Gasteiger partial charge < -0.3 is 0 Å². The number of aliphatic imine (C=N–C) groups is 1. The van der Waals surface area contributed by atoms with Crippen LogP contribution in [0.25, 0.3) is 0 Å². The van der Waals surface area contributed by atoms with Gasteiger partial charge >= 0.3 is 0 Å². The van der Waals surface area contributed by atoms with Gasteiger partial charge in [-0.05, 0) is 0 Å². The maximum atomic E-state index is 4.07. The molecule has 0 bridgehead atoms. The smallest absolute Gasteiger partial charge is 0.177 e. The molecule has 0 saturated heterocycles. The normalized spacial score (nSPS) is 23.1. The van der Waals surface area contributed by atoms with Gasteiger partial charge in [0, 0.05) is 12.1 Å². The van der Waals surface area contributed by atoms with E-state index in [-0.39, 0.29) is 0 Å². The molecule has 4 heteroatoms. The molecule has 46 valence electrons.